The van der Waals surface area contributed by atoms with Crippen LogP contribution in [-0.4, -0.2) is 97.4 Å². The Kier molecular flexibility index (Phi) is 17.8. The Labute approximate surface area is 386 Å². The molecule has 4 aromatic carbocycles. The highest BCUT2D eigenvalue weighted by Gasteiger charge is 2.30. The van der Waals surface area contributed by atoms with E-state index in [9.17, 15) is 46.3 Å². The Balaban J connectivity index is 0.872. The minimum Gasteiger partial charge on any atom is -0.355 e. The third kappa shape index (κ3) is 15.4. The molecule has 0 aliphatic carbocycles. The molecule has 0 unspecified atom stereocenters. The van der Waals surface area contributed by atoms with Crippen LogP contribution in [0.2, 0.25) is 0 Å². The van der Waals surface area contributed by atoms with Crippen molar-refractivity contribution in [2.24, 2.45) is 0 Å². The van der Waals surface area contributed by atoms with Crippen LogP contribution in [-0.2, 0) is 28.8 Å². The van der Waals surface area contributed by atoms with Gasteiger partial charge in [0.25, 0.3) is 0 Å². The number of halogens is 4. The first-order chi connectivity index (χ1) is 32.3. The number of Topliss-reactive ketones (excluding diaryl/α,β-unsaturated/α-hetero) is 2. The van der Waals surface area contributed by atoms with Gasteiger partial charge in [-0.05, 0) is 108 Å². The molecular weight excluding hydrogens is 867 g/mol. The number of amides is 4. The van der Waals surface area contributed by atoms with Crippen LogP contribution in [0.4, 0.5) is 17.6 Å². The molecule has 0 bridgehead atoms. The Bertz CT molecular complexity index is 2240. The number of ketones is 2. The number of likely N-dealkylation sites (tertiary alicyclic amines) is 2. The molecule has 2 fully saturated rings. The molecule has 4 aromatic rings. The lowest BCUT2D eigenvalue weighted by Gasteiger charge is -2.30. The van der Waals surface area contributed by atoms with Crippen molar-refractivity contribution in [1.29, 1.82) is 0 Å². The van der Waals surface area contributed by atoms with Gasteiger partial charge in [-0.1, -0.05) is 48.5 Å². The summed E-state index contributed by atoms with van der Waals surface area (Å²) in [5.74, 6) is -3.20. The number of nitrogens with one attached hydrogen (secondary N) is 3. The predicted octanol–water partition coefficient (Wildman–Crippen LogP) is 6.86. The molecule has 6 rings (SSSR count). The van der Waals surface area contributed by atoms with Crippen LogP contribution in [0.1, 0.15) is 60.8 Å². The highest BCUT2D eigenvalue weighted by Crippen LogP contribution is 2.25. The zero-order valence-corrected chi connectivity index (χ0v) is 36.8. The highest BCUT2D eigenvalue weighted by atomic mass is 19.1. The van der Waals surface area contributed by atoms with Crippen LogP contribution in [0.3, 0.4) is 0 Å². The lowest BCUT2D eigenvalue weighted by molar-refractivity contribution is -0.133. The van der Waals surface area contributed by atoms with Gasteiger partial charge in [-0.2, -0.15) is 0 Å². The van der Waals surface area contributed by atoms with Crippen molar-refractivity contribution in [2.75, 3.05) is 52.4 Å². The van der Waals surface area contributed by atoms with Crippen molar-refractivity contribution in [3.8, 4) is 0 Å². The van der Waals surface area contributed by atoms with E-state index in [2.05, 4.69) is 16.0 Å². The summed E-state index contributed by atoms with van der Waals surface area (Å²) in [4.78, 5) is 81.7. The molecule has 0 aromatic heterocycles. The lowest BCUT2D eigenvalue weighted by Crippen LogP contribution is -2.41. The maximum Gasteiger partial charge on any atom is 0.223 e. The summed E-state index contributed by atoms with van der Waals surface area (Å²) in [6.45, 7) is 1.64. The van der Waals surface area contributed by atoms with Crippen molar-refractivity contribution < 1.29 is 46.3 Å². The van der Waals surface area contributed by atoms with E-state index >= 15 is 0 Å². The number of hydrogen-bond acceptors (Lipinski definition) is 7. The summed E-state index contributed by atoms with van der Waals surface area (Å²) in [5, 5.41) is 8.73. The van der Waals surface area contributed by atoms with Crippen molar-refractivity contribution in [1.82, 2.24) is 25.8 Å². The average Bonchev–Trinajstić information content (AvgIpc) is 3.31. The highest BCUT2D eigenvalue weighted by molar-refractivity contribution is 6.16. The van der Waals surface area contributed by atoms with Crippen LogP contribution in [0.15, 0.2) is 119 Å². The monoisotopic (exact) mass is 917 g/mol. The average molecular weight is 918 g/mol. The normalized spacial score (nSPS) is 16.5. The molecule has 0 radical (unpaired) electrons. The Morgan fingerprint density at radius 1 is 0.418 bits per heavy atom. The van der Waals surface area contributed by atoms with Crippen LogP contribution in [0.5, 0.6) is 0 Å². The molecule has 3 N–H and O–H groups in total. The van der Waals surface area contributed by atoms with E-state index in [4.69, 9.17) is 0 Å². The third-order valence-corrected chi connectivity index (χ3v) is 11.0. The molecule has 2 aliphatic rings. The van der Waals surface area contributed by atoms with Crippen LogP contribution in [0.25, 0.3) is 24.3 Å². The number of hydrogen-bond donors (Lipinski definition) is 3. The molecule has 67 heavy (non-hydrogen) atoms. The summed E-state index contributed by atoms with van der Waals surface area (Å²) in [5.41, 5.74) is 3.73. The van der Waals surface area contributed by atoms with Gasteiger partial charge in [0, 0.05) is 100 Å². The Morgan fingerprint density at radius 3 is 0.955 bits per heavy atom. The van der Waals surface area contributed by atoms with Gasteiger partial charge >= 0.3 is 0 Å². The first-order valence-electron chi connectivity index (χ1n) is 22.0. The first kappa shape index (κ1) is 49.2. The summed E-state index contributed by atoms with van der Waals surface area (Å²) >= 11 is 0. The van der Waals surface area contributed by atoms with Gasteiger partial charge in [-0.25, -0.2) is 17.6 Å². The maximum absolute atomic E-state index is 13.5. The van der Waals surface area contributed by atoms with Gasteiger partial charge < -0.3 is 25.8 Å². The maximum atomic E-state index is 13.5. The number of rotatable bonds is 18. The van der Waals surface area contributed by atoms with Crippen LogP contribution in [0, 0.1) is 23.3 Å². The van der Waals surface area contributed by atoms with Crippen molar-refractivity contribution in [2.45, 2.75) is 38.5 Å². The largest absolute Gasteiger partial charge is 0.355 e. The second-order valence-corrected chi connectivity index (χ2v) is 16.2. The fourth-order valence-corrected chi connectivity index (χ4v) is 7.47. The number of piperidine rings is 2. The van der Waals surface area contributed by atoms with Gasteiger partial charge in [0.15, 0.2) is 11.6 Å². The van der Waals surface area contributed by atoms with Crippen molar-refractivity contribution in [3.63, 3.8) is 0 Å². The van der Waals surface area contributed by atoms with E-state index in [0.717, 1.165) is 0 Å². The molecule has 2 aliphatic heterocycles. The zero-order chi connectivity index (χ0) is 47.7. The molecule has 11 nitrogen and oxygen atoms in total. The van der Waals surface area contributed by atoms with E-state index in [1.807, 2.05) is 0 Å². The third-order valence-electron chi connectivity index (χ3n) is 11.0. The van der Waals surface area contributed by atoms with Crippen molar-refractivity contribution in [3.05, 3.63) is 165 Å². The number of carbonyl (C=O) groups is 6. The second-order valence-electron chi connectivity index (χ2n) is 16.2. The van der Waals surface area contributed by atoms with Crippen molar-refractivity contribution >= 4 is 59.5 Å². The molecule has 348 valence electrons. The SMILES string of the molecule is O=C(CCCC(=O)N1C/C(=C\c2ccc(F)cc2)C(=O)/C(=C/c2ccc(F)cc2)C1)NCCNCCNC(=O)CCCC(=O)N1C/C(=C\c2ccc(F)cc2)C(=O)/C(=C/c2ccc(F)cc2)C1. The molecular formula is C52H51F4N5O6. The summed E-state index contributed by atoms with van der Waals surface area (Å²) in [6, 6.07) is 22.5. The number of nitrogens with zero attached hydrogens (tertiary/aromatic N) is 2. The van der Waals surface area contributed by atoms with Crippen LogP contribution >= 0.6 is 0 Å². The minimum absolute atomic E-state index is 0.0397. The molecule has 2 saturated heterocycles. The van der Waals surface area contributed by atoms with Gasteiger partial charge in [0.2, 0.25) is 23.6 Å². The molecule has 0 spiro atoms. The zero-order valence-electron chi connectivity index (χ0n) is 36.8. The van der Waals surface area contributed by atoms with E-state index in [1.165, 1.54) is 107 Å². The Hall–Kier alpha value is -7.26. The van der Waals surface area contributed by atoms with Gasteiger partial charge in [0.1, 0.15) is 23.3 Å². The van der Waals surface area contributed by atoms with Gasteiger partial charge in [-0.15, -0.1) is 0 Å². The summed E-state index contributed by atoms with van der Waals surface area (Å²) < 4.78 is 54.1. The van der Waals surface area contributed by atoms with E-state index < -0.39 is 23.3 Å². The molecule has 0 saturated carbocycles. The molecule has 4 amide bonds. The quantitative estimate of drug-likeness (QED) is 0.0562. The van der Waals surface area contributed by atoms with E-state index in [1.54, 1.807) is 24.3 Å². The number of benzene rings is 4. The van der Waals surface area contributed by atoms with E-state index in [-0.39, 0.29) is 99.9 Å². The summed E-state index contributed by atoms with van der Waals surface area (Å²) in [7, 11) is 0. The molecule has 15 heteroatoms. The van der Waals surface area contributed by atoms with Gasteiger partial charge in [-0.3, -0.25) is 28.8 Å². The minimum atomic E-state index is -0.422. The molecule has 0 atom stereocenters. The second kappa shape index (κ2) is 24.3. The predicted molar refractivity (Wildman–Crippen MR) is 247 cm³/mol. The fraction of sp³-hybridized carbons (Fsp3) is 0.269. The lowest BCUT2D eigenvalue weighted by atomic mass is 9.94. The fourth-order valence-electron chi connectivity index (χ4n) is 7.47. The van der Waals surface area contributed by atoms with E-state index in [0.29, 0.717) is 70.7 Å². The molecule has 2 heterocycles. The number of carbonyl (C=O) groups excluding carboxylic acids is 6. The summed E-state index contributed by atoms with van der Waals surface area (Å²) in [6.07, 6.45) is 7.35. The topological polar surface area (TPSA) is 145 Å². The smallest absolute Gasteiger partial charge is 0.223 e. The first-order valence-corrected chi connectivity index (χ1v) is 22.0. The van der Waals surface area contributed by atoms with Crippen LogP contribution < -0.4 is 16.0 Å². The van der Waals surface area contributed by atoms with Gasteiger partial charge in [0.05, 0.1) is 0 Å². The standard InChI is InChI=1S/C52H51F4N5O6/c53-43-15-7-35(8-16-43)27-39-31-60(32-40(51(39)66)28-36-9-17-44(54)18-10-36)49(64)5-1-3-47(62)58-25-23-57-24-26-59-48(63)4-2-6-50(65)61-33-41(29-37-11-19-45(55)20-12-37)52(67)42(34-61)30-38-13-21-46(56)22-14-38/h7-22,27-30,57H,1-6,23-26,31-34H2,(H,58,62)(H,59,63)/b39-27+,40-28+,41-29+,42-30+. The Morgan fingerprint density at radius 2 is 0.687 bits per heavy atom.